The smallest absolute Gasteiger partial charge is 0.274 e. The number of benzene rings is 1. The molecule has 0 aliphatic rings. The minimum Gasteiger partial charge on any atom is -0.497 e. The van der Waals surface area contributed by atoms with Gasteiger partial charge in [-0.25, -0.2) is 4.98 Å². The first-order valence-electron chi connectivity index (χ1n) is 7.88. The molecule has 6 heteroatoms. The summed E-state index contributed by atoms with van der Waals surface area (Å²) in [6.45, 7) is 1.90. The van der Waals surface area contributed by atoms with Crippen molar-refractivity contribution >= 4 is 17.3 Å². The standard InChI is InChI=1S/C18H24N4O2/c1-22(2)12-4-11-19-15-7-10-17(20-13-15)18(23)21-14-5-8-16(24-3)9-6-14/h5-10,13,19H,4,11-12H2,1-3H3,(H,21,23). The number of hydrogen-bond acceptors (Lipinski definition) is 5. The van der Waals surface area contributed by atoms with E-state index in [4.69, 9.17) is 4.74 Å². The molecule has 0 unspecified atom stereocenters. The maximum absolute atomic E-state index is 12.2. The second kappa shape index (κ2) is 8.88. The Morgan fingerprint density at radius 1 is 1.12 bits per heavy atom. The summed E-state index contributed by atoms with van der Waals surface area (Å²) in [5.41, 5.74) is 1.99. The number of carbonyl (C=O) groups is 1. The van der Waals surface area contributed by atoms with E-state index in [9.17, 15) is 4.79 Å². The molecule has 1 aromatic heterocycles. The topological polar surface area (TPSA) is 66.5 Å². The Labute approximate surface area is 142 Å². The fourth-order valence-corrected chi connectivity index (χ4v) is 2.13. The Hall–Kier alpha value is -2.60. The maximum Gasteiger partial charge on any atom is 0.274 e. The third-order valence-electron chi connectivity index (χ3n) is 3.46. The van der Waals surface area contributed by atoms with Gasteiger partial charge in [0.25, 0.3) is 5.91 Å². The van der Waals surface area contributed by atoms with Crippen molar-refractivity contribution in [2.45, 2.75) is 6.42 Å². The predicted octanol–water partition coefficient (Wildman–Crippen LogP) is 2.71. The summed E-state index contributed by atoms with van der Waals surface area (Å²) in [7, 11) is 5.71. The van der Waals surface area contributed by atoms with E-state index in [2.05, 4.69) is 34.6 Å². The van der Waals surface area contributed by atoms with Crippen molar-refractivity contribution in [1.29, 1.82) is 0 Å². The number of carbonyl (C=O) groups excluding carboxylic acids is 1. The highest BCUT2D eigenvalue weighted by Gasteiger charge is 2.07. The van der Waals surface area contributed by atoms with E-state index in [1.54, 1.807) is 43.6 Å². The Balaban J connectivity index is 1.86. The molecule has 0 saturated heterocycles. The monoisotopic (exact) mass is 328 g/mol. The van der Waals surface area contributed by atoms with Crippen LogP contribution in [0.15, 0.2) is 42.6 Å². The second-order valence-electron chi connectivity index (χ2n) is 5.70. The molecule has 0 radical (unpaired) electrons. The van der Waals surface area contributed by atoms with Gasteiger partial charge in [0.05, 0.1) is 19.0 Å². The summed E-state index contributed by atoms with van der Waals surface area (Å²) in [6.07, 6.45) is 2.73. The molecule has 0 bridgehead atoms. The van der Waals surface area contributed by atoms with Crippen LogP contribution in [0.3, 0.4) is 0 Å². The molecule has 1 heterocycles. The molecule has 1 aromatic carbocycles. The summed E-state index contributed by atoms with van der Waals surface area (Å²) in [5.74, 6) is 0.509. The van der Waals surface area contributed by atoms with E-state index in [0.717, 1.165) is 30.9 Å². The molecule has 0 aliphatic carbocycles. The van der Waals surface area contributed by atoms with Crippen LogP contribution in [0.25, 0.3) is 0 Å². The number of ether oxygens (including phenoxy) is 1. The number of anilines is 2. The zero-order valence-electron chi connectivity index (χ0n) is 14.4. The van der Waals surface area contributed by atoms with Gasteiger partial charge in [-0.2, -0.15) is 0 Å². The minimum atomic E-state index is -0.237. The number of nitrogens with zero attached hydrogens (tertiary/aromatic N) is 2. The van der Waals surface area contributed by atoms with Crippen molar-refractivity contribution in [3.63, 3.8) is 0 Å². The number of aromatic nitrogens is 1. The van der Waals surface area contributed by atoms with Crippen LogP contribution < -0.4 is 15.4 Å². The van der Waals surface area contributed by atoms with Crippen molar-refractivity contribution in [2.24, 2.45) is 0 Å². The van der Waals surface area contributed by atoms with Crippen LogP contribution >= 0.6 is 0 Å². The quantitative estimate of drug-likeness (QED) is 0.729. The van der Waals surface area contributed by atoms with Gasteiger partial charge in [-0.05, 0) is 63.5 Å². The summed E-state index contributed by atoms with van der Waals surface area (Å²) in [5, 5.41) is 6.10. The van der Waals surface area contributed by atoms with Crippen molar-refractivity contribution in [2.75, 3.05) is 44.9 Å². The van der Waals surface area contributed by atoms with Gasteiger partial charge in [0, 0.05) is 12.2 Å². The lowest BCUT2D eigenvalue weighted by molar-refractivity contribution is 0.102. The van der Waals surface area contributed by atoms with Crippen LogP contribution in [-0.2, 0) is 0 Å². The molecule has 2 rings (SSSR count). The summed E-state index contributed by atoms with van der Waals surface area (Å²) >= 11 is 0. The normalized spacial score (nSPS) is 10.5. The fourth-order valence-electron chi connectivity index (χ4n) is 2.13. The average molecular weight is 328 g/mol. The first-order valence-corrected chi connectivity index (χ1v) is 7.88. The highest BCUT2D eigenvalue weighted by atomic mass is 16.5. The lowest BCUT2D eigenvalue weighted by atomic mass is 10.2. The van der Waals surface area contributed by atoms with Gasteiger partial charge in [-0.15, -0.1) is 0 Å². The average Bonchev–Trinajstić information content (AvgIpc) is 2.59. The van der Waals surface area contributed by atoms with Crippen LogP contribution in [0.4, 0.5) is 11.4 Å². The number of pyridine rings is 1. The van der Waals surface area contributed by atoms with E-state index < -0.39 is 0 Å². The molecule has 0 saturated carbocycles. The van der Waals surface area contributed by atoms with Gasteiger partial charge < -0.3 is 20.3 Å². The van der Waals surface area contributed by atoms with E-state index in [-0.39, 0.29) is 5.91 Å². The molecule has 0 aliphatic heterocycles. The summed E-state index contributed by atoms with van der Waals surface area (Å²) < 4.78 is 5.09. The Morgan fingerprint density at radius 2 is 1.83 bits per heavy atom. The van der Waals surface area contributed by atoms with E-state index in [0.29, 0.717) is 11.4 Å². The van der Waals surface area contributed by atoms with E-state index in [1.807, 2.05) is 6.07 Å². The first-order chi connectivity index (χ1) is 11.6. The van der Waals surface area contributed by atoms with Gasteiger partial charge in [0.1, 0.15) is 11.4 Å². The number of hydrogen-bond donors (Lipinski definition) is 2. The van der Waals surface area contributed by atoms with Crippen LogP contribution in [0.2, 0.25) is 0 Å². The van der Waals surface area contributed by atoms with Crippen molar-refractivity contribution < 1.29 is 9.53 Å². The number of nitrogens with one attached hydrogen (secondary N) is 2. The number of methoxy groups -OCH3 is 1. The predicted molar refractivity (Wildman–Crippen MR) is 96.8 cm³/mol. The van der Waals surface area contributed by atoms with Crippen LogP contribution in [-0.4, -0.2) is 50.1 Å². The van der Waals surface area contributed by atoms with E-state index in [1.165, 1.54) is 0 Å². The fraction of sp³-hybridized carbons (Fsp3) is 0.333. The molecule has 0 fully saturated rings. The molecule has 2 aromatic rings. The maximum atomic E-state index is 12.2. The van der Waals surface area contributed by atoms with Gasteiger partial charge in [0.2, 0.25) is 0 Å². The highest BCUT2D eigenvalue weighted by Crippen LogP contribution is 2.16. The van der Waals surface area contributed by atoms with Gasteiger partial charge in [0.15, 0.2) is 0 Å². The molecule has 0 spiro atoms. The van der Waals surface area contributed by atoms with Crippen LogP contribution in [0.5, 0.6) is 5.75 Å². The minimum absolute atomic E-state index is 0.237. The van der Waals surface area contributed by atoms with E-state index >= 15 is 0 Å². The lowest BCUT2D eigenvalue weighted by Gasteiger charge is -2.11. The number of rotatable bonds is 8. The van der Waals surface area contributed by atoms with Gasteiger partial charge in [-0.1, -0.05) is 0 Å². The van der Waals surface area contributed by atoms with Crippen LogP contribution in [0.1, 0.15) is 16.9 Å². The summed E-state index contributed by atoms with van der Waals surface area (Å²) in [6, 6.07) is 10.8. The molecule has 1 amide bonds. The largest absolute Gasteiger partial charge is 0.497 e. The van der Waals surface area contributed by atoms with Gasteiger partial charge in [-0.3, -0.25) is 4.79 Å². The van der Waals surface area contributed by atoms with Crippen molar-refractivity contribution in [3.8, 4) is 5.75 Å². The Kier molecular flexibility index (Phi) is 6.57. The SMILES string of the molecule is COc1ccc(NC(=O)c2ccc(NCCCN(C)C)cn2)cc1. The molecule has 6 nitrogen and oxygen atoms in total. The second-order valence-corrected chi connectivity index (χ2v) is 5.70. The van der Waals surface area contributed by atoms with Gasteiger partial charge >= 0.3 is 0 Å². The molecule has 0 atom stereocenters. The highest BCUT2D eigenvalue weighted by molar-refractivity contribution is 6.02. The molecular formula is C18H24N4O2. The molecular weight excluding hydrogens is 304 g/mol. The van der Waals surface area contributed by atoms with Crippen LogP contribution in [0, 0.1) is 0 Å². The number of amides is 1. The Morgan fingerprint density at radius 3 is 2.42 bits per heavy atom. The third kappa shape index (κ3) is 5.55. The molecule has 2 N–H and O–H groups in total. The zero-order valence-corrected chi connectivity index (χ0v) is 14.4. The third-order valence-corrected chi connectivity index (χ3v) is 3.46. The Bertz CT molecular complexity index is 639. The molecule has 128 valence electrons. The first kappa shape index (κ1) is 17.7. The zero-order chi connectivity index (χ0) is 17.4. The van der Waals surface area contributed by atoms with Crippen molar-refractivity contribution in [1.82, 2.24) is 9.88 Å². The van der Waals surface area contributed by atoms with Crippen molar-refractivity contribution in [3.05, 3.63) is 48.3 Å². The molecule has 24 heavy (non-hydrogen) atoms. The lowest BCUT2D eigenvalue weighted by Crippen LogP contribution is -2.16. The summed E-state index contributed by atoms with van der Waals surface area (Å²) in [4.78, 5) is 18.5.